The smallest absolute Gasteiger partial charge is 0.168 e. The Hall–Kier alpha value is -3.55. The minimum absolute atomic E-state index is 0.162. The molecule has 1 aliphatic heterocycles. The number of ether oxygens (including phenoxy) is 1. The molecule has 1 spiro atoms. The molecule has 6 rings (SSSR count). The summed E-state index contributed by atoms with van der Waals surface area (Å²) < 4.78 is 35.6. The van der Waals surface area contributed by atoms with E-state index in [9.17, 15) is 8.78 Å². The molecular weight excluding hydrogens is 436 g/mol. The van der Waals surface area contributed by atoms with Gasteiger partial charge in [0.05, 0.1) is 30.9 Å². The van der Waals surface area contributed by atoms with Crippen molar-refractivity contribution >= 4 is 11.3 Å². The summed E-state index contributed by atoms with van der Waals surface area (Å²) in [6.45, 7) is 3.56. The number of nitrogens with zero attached hydrogens (tertiary/aromatic N) is 5. The van der Waals surface area contributed by atoms with Gasteiger partial charge in [-0.05, 0) is 67.9 Å². The molecule has 0 N–H and O–H groups in total. The van der Waals surface area contributed by atoms with E-state index in [0.717, 1.165) is 61.9 Å². The highest BCUT2D eigenvalue weighted by atomic mass is 19.2. The van der Waals surface area contributed by atoms with Crippen LogP contribution in [0.4, 0.5) is 14.6 Å². The van der Waals surface area contributed by atoms with Crippen LogP contribution in [0.2, 0.25) is 0 Å². The van der Waals surface area contributed by atoms with E-state index >= 15 is 0 Å². The SMILES string of the molecule is COc1cnc2c(c1)CC1(CCN(c3nc(C)c(-c4cccc(F)c4F)n4nccc34)CC1)C2. The van der Waals surface area contributed by atoms with Crippen molar-refractivity contribution in [3.63, 3.8) is 0 Å². The average Bonchev–Trinajstić information content (AvgIpc) is 3.45. The molecule has 0 atom stereocenters. The lowest BCUT2D eigenvalue weighted by Gasteiger charge is -2.40. The molecule has 34 heavy (non-hydrogen) atoms. The number of benzene rings is 1. The van der Waals surface area contributed by atoms with Crippen LogP contribution in [-0.4, -0.2) is 39.8 Å². The number of rotatable bonds is 3. The number of hydrogen-bond acceptors (Lipinski definition) is 5. The van der Waals surface area contributed by atoms with Gasteiger partial charge >= 0.3 is 0 Å². The van der Waals surface area contributed by atoms with Gasteiger partial charge in [0.15, 0.2) is 17.5 Å². The van der Waals surface area contributed by atoms with Crippen LogP contribution in [0.5, 0.6) is 5.75 Å². The van der Waals surface area contributed by atoms with Crippen LogP contribution < -0.4 is 9.64 Å². The summed E-state index contributed by atoms with van der Waals surface area (Å²) in [6.07, 6.45) is 7.57. The Morgan fingerprint density at radius 3 is 2.71 bits per heavy atom. The molecule has 4 aromatic rings. The van der Waals surface area contributed by atoms with Gasteiger partial charge in [0.1, 0.15) is 11.3 Å². The molecule has 1 aliphatic carbocycles. The third-order valence-corrected chi connectivity index (χ3v) is 7.41. The number of aryl methyl sites for hydroxylation is 1. The van der Waals surface area contributed by atoms with E-state index in [-0.39, 0.29) is 11.0 Å². The number of methoxy groups -OCH3 is 1. The molecule has 0 bridgehead atoms. The standard InChI is InChI=1S/C26H25F2N5O/c1-16-24(19-4-3-5-20(27)23(19)28)33-22(6-9-30-33)25(31-16)32-10-7-26(8-11-32)13-17-12-18(34-2)15-29-21(17)14-26/h3-6,9,12,15H,7-8,10-11,13-14H2,1-2H3. The topological polar surface area (TPSA) is 55.5 Å². The molecule has 174 valence electrons. The van der Waals surface area contributed by atoms with Crippen LogP contribution in [-0.2, 0) is 12.8 Å². The van der Waals surface area contributed by atoms with E-state index in [1.54, 1.807) is 30.1 Å². The number of aromatic nitrogens is 4. The fourth-order valence-corrected chi connectivity index (χ4v) is 5.61. The monoisotopic (exact) mass is 461 g/mol. The first kappa shape index (κ1) is 21.0. The number of piperidine rings is 1. The van der Waals surface area contributed by atoms with Gasteiger partial charge in [-0.1, -0.05) is 6.07 Å². The van der Waals surface area contributed by atoms with Crippen LogP contribution in [0.3, 0.4) is 0 Å². The Morgan fingerprint density at radius 2 is 1.91 bits per heavy atom. The molecule has 0 unspecified atom stereocenters. The summed E-state index contributed by atoms with van der Waals surface area (Å²) >= 11 is 0. The minimum atomic E-state index is -0.886. The van der Waals surface area contributed by atoms with Gasteiger partial charge in [-0.25, -0.2) is 18.3 Å². The average molecular weight is 462 g/mol. The van der Waals surface area contributed by atoms with Crippen molar-refractivity contribution in [3.05, 3.63) is 71.3 Å². The molecule has 1 fully saturated rings. The molecule has 1 aromatic carbocycles. The van der Waals surface area contributed by atoms with Crippen molar-refractivity contribution in [2.24, 2.45) is 5.41 Å². The predicted octanol–water partition coefficient (Wildman–Crippen LogP) is 4.77. The summed E-state index contributed by atoms with van der Waals surface area (Å²) in [4.78, 5) is 11.8. The lowest BCUT2D eigenvalue weighted by Crippen LogP contribution is -2.41. The van der Waals surface area contributed by atoms with Crippen molar-refractivity contribution in [1.82, 2.24) is 19.6 Å². The van der Waals surface area contributed by atoms with Crippen LogP contribution in [0.15, 0.2) is 42.7 Å². The van der Waals surface area contributed by atoms with E-state index in [0.29, 0.717) is 11.4 Å². The predicted molar refractivity (Wildman–Crippen MR) is 125 cm³/mol. The quantitative estimate of drug-likeness (QED) is 0.440. The van der Waals surface area contributed by atoms with Crippen molar-refractivity contribution in [2.45, 2.75) is 32.6 Å². The zero-order valence-corrected chi connectivity index (χ0v) is 19.2. The second kappa shape index (κ2) is 7.75. The van der Waals surface area contributed by atoms with Gasteiger partial charge < -0.3 is 9.64 Å². The zero-order chi connectivity index (χ0) is 23.4. The maximum atomic E-state index is 14.6. The summed E-state index contributed by atoms with van der Waals surface area (Å²) in [7, 11) is 1.67. The number of halogens is 2. The highest BCUT2D eigenvalue weighted by molar-refractivity contribution is 5.75. The first-order valence-corrected chi connectivity index (χ1v) is 11.5. The molecule has 4 heterocycles. The first-order valence-electron chi connectivity index (χ1n) is 11.5. The van der Waals surface area contributed by atoms with Crippen LogP contribution >= 0.6 is 0 Å². The van der Waals surface area contributed by atoms with Crippen molar-refractivity contribution in [3.8, 4) is 17.0 Å². The first-order chi connectivity index (χ1) is 16.5. The Bertz CT molecular complexity index is 1410. The molecular formula is C26H25F2N5O. The molecule has 1 saturated heterocycles. The highest BCUT2D eigenvalue weighted by Crippen LogP contribution is 2.45. The van der Waals surface area contributed by atoms with Crippen LogP contribution in [0.25, 0.3) is 16.8 Å². The molecule has 0 saturated carbocycles. The van der Waals surface area contributed by atoms with E-state index in [4.69, 9.17) is 9.72 Å². The number of hydrogen-bond donors (Lipinski definition) is 0. The summed E-state index contributed by atoms with van der Waals surface area (Å²) in [5.41, 5.74) is 4.73. The molecule has 0 amide bonds. The fraction of sp³-hybridized carbons (Fsp3) is 0.346. The normalized spacial score (nSPS) is 16.9. The third-order valence-electron chi connectivity index (χ3n) is 7.41. The molecule has 0 radical (unpaired) electrons. The Morgan fingerprint density at radius 1 is 1.09 bits per heavy atom. The maximum absolute atomic E-state index is 14.6. The Balaban J connectivity index is 1.30. The van der Waals surface area contributed by atoms with E-state index in [1.165, 1.54) is 17.3 Å². The van der Waals surface area contributed by atoms with Gasteiger partial charge in [-0.3, -0.25) is 4.98 Å². The highest BCUT2D eigenvalue weighted by Gasteiger charge is 2.41. The molecule has 3 aromatic heterocycles. The van der Waals surface area contributed by atoms with E-state index in [2.05, 4.69) is 21.0 Å². The lowest BCUT2D eigenvalue weighted by molar-refractivity contribution is 0.231. The summed E-state index contributed by atoms with van der Waals surface area (Å²) in [6, 6.07) is 8.19. The number of fused-ring (bicyclic) bond motifs is 2. The summed E-state index contributed by atoms with van der Waals surface area (Å²) in [5.74, 6) is -0.123. The van der Waals surface area contributed by atoms with Gasteiger partial charge in [0.25, 0.3) is 0 Å². The zero-order valence-electron chi connectivity index (χ0n) is 19.2. The van der Waals surface area contributed by atoms with Crippen LogP contribution in [0, 0.1) is 24.0 Å². The van der Waals surface area contributed by atoms with Crippen molar-refractivity contribution < 1.29 is 13.5 Å². The fourth-order valence-electron chi connectivity index (χ4n) is 5.61. The summed E-state index contributed by atoms with van der Waals surface area (Å²) in [5, 5.41) is 4.44. The minimum Gasteiger partial charge on any atom is -0.495 e. The second-order valence-electron chi connectivity index (χ2n) is 9.42. The molecule has 6 nitrogen and oxygen atoms in total. The van der Waals surface area contributed by atoms with Gasteiger partial charge in [0, 0.05) is 24.3 Å². The van der Waals surface area contributed by atoms with Crippen molar-refractivity contribution in [1.29, 1.82) is 0 Å². The third kappa shape index (κ3) is 3.23. The number of anilines is 1. The van der Waals surface area contributed by atoms with Gasteiger partial charge in [-0.2, -0.15) is 5.10 Å². The van der Waals surface area contributed by atoms with Crippen LogP contribution in [0.1, 0.15) is 29.8 Å². The Kier molecular flexibility index (Phi) is 4.79. The lowest BCUT2D eigenvalue weighted by atomic mass is 9.76. The Labute approximate surface area is 196 Å². The largest absolute Gasteiger partial charge is 0.495 e. The van der Waals surface area contributed by atoms with E-state index in [1.807, 2.05) is 13.0 Å². The second-order valence-corrected chi connectivity index (χ2v) is 9.42. The maximum Gasteiger partial charge on any atom is 0.168 e. The van der Waals surface area contributed by atoms with Crippen molar-refractivity contribution in [2.75, 3.05) is 25.1 Å². The molecule has 2 aliphatic rings. The van der Waals surface area contributed by atoms with Gasteiger partial charge in [-0.15, -0.1) is 0 Å². The van der Waals surface area contributed by atoms with Gasteiger partial charge in [0.2, 0.25) is 0 Å². The van der Waals surface area contributed by atoms with E-state index < -0.39 is 11.6 Å². The number of pyridine rings is 1. The molecule has 8 heteroatoms.